The fourth-order valence-electron chi connectivity index (χ4n) is 2.42. The average molecular weight is 363 g/mol. The Morgan fingerprint density at radius 3 is 2.32 bits per heavy atom. The molecule has 134 valence electrons. The Labute approximate surface area is 148 Å². The minimum Gasteiger partial charge on any atom is -0.323 e. The monoisotopic (exact) mass is 363 g/mol. The molecule has 0 fully saturated rings. The van der Waals surface area contributed by atoms with Crippen molar-refractivity contribution in [1.29, 1.82) is 0 Å². The predicted octanol–water partition coefficient (Wildman–Crippen LogP) is 3.75. The van der Waals surface area contributed by atoms with E-state index in [1.165, 1.54) is 11.6 Å². The number of hydrogen-bond donors (Lipinski definition) is 1. The normalized spacial score (nSPS) is 11.3. The van der Waals surface area contributed by atoms with Crippen LogP contribution in [0.4, 0.5) is 10.1 Å². The Bertz CT molecular complexity index is 845. The maximum atomic E-state index is 13.8. The van der Waals surface area contributed by atoms with Crippen molar-refractivity contribution in [1.82, 2.24) is 0 Å². The van der Waals surface area contributed by atoms with Crippen molar-refractivity contribution in [3.63, 3.8) is 0 Å². The van der Waals surface area contributed by atoms with Gasteiger partial charge in [-0.2, -0.15) is 0 Å². The first-order chi connectivity index (χ1) is 11.8. The van der Waals surface area contributed by atoms with Gasteiger partial charge < -0.3 is 5.32 Å². The third kappa shape index (κ3) is 5.67. The molecule has 2 rings (SSSR count). The second-order valence-electron chi connectivity index (χ2n) is 6.06. The number of carbonyl (C=O) groups is 1. The van der Waals surface area contributed by atoms with Crippen LogP contribution >= 0.6 is 0 Å². The minimum atomic E-state index is -3.47. The van der Waals surface area contributed by atoms with Gasteiger partial charge in [0.15, 0.2) is 9.84 Å². The van der Waals surface area contributed by atoms with Crippen LogP contribution in [-0.4, -0.2) is 20.6 Å². The van der Waals surface area contributed by atoms with Crippen LogP contribution in [-0.2, 0) is 27.5 Å². The van der Waals surface area contributed by atoms with Crippen LogP contribution in [0.25, 0.3) is 0 Å². The molecule has 0 aromatic heterocycles. The lowest BCUT2D eigenvalue weighted by Gasteiger charge is -2.09. The van der Waals surface area contributed by atoms with Gasteiger partial charge >= 0.3 is 0 Å². The third-order valence-electron chi connectivity index (χ3n) is 3.85. The number of halogens is 1. The topological polar surface area (TPSA) is 63.2 Å². The van der Waals surface area contributed by atoms with Crippen molar-refractivity contribution in [3.05, 3.63) is 59.4 Å². The number of aryl methyl sites for hydroxylation is 1. The highest BCUT2D eigenvalue weighted by atomic mass is 32.2. The van der Waals surface area contributed by atoms with Crippen LogP contribution in [0.3, 0.4) is 0 Å². The minimum absolute atomic E-state index is 0.0375. The summed E-state index contributed by atoms with van der Waals surface area (Å²) in [6.07, 6.45) is 4.38. The Balaban J connectivity index is 2.05. The van der Waals surface area contributed by atoms with E-state index in [1.807, 2.05) is 24.3 Å². The van der Waals surface area contributed by atoms with Gasteiger partial charge in [-0.3, -0.25) is 4.79 Å². The van der Waals surface area contributed by atoms with Crippen molar-refractivity contribution in [2.75, 3.05) is 11.6 Å². The summed E-state index contributed by atoms with van der Waals surface area (Å²) in [7, 11) is -3.47. The molecule has 0 bridgehead atoms. The molecule has 25 heavy (non-hydrogen) atoms. The molecule has 0 spiro atoms. The van der Waals surface area contributed by atoms with Gasteiger partial charge in [0.1, 0.15) is 5.82 Å². The zero-order valence-electron chi connectivity index (χ0n) is 14.4. The number of carbonyl (C=O) groups excluding carboxylic acids is 1. The summed E-state index contributed by atoms with van der Waals surface area (Å²) < 4.78 is 36.9. The standard InChI is InChI=1S/C19H22FNO3S/c1-3-4-5-14-6-8-15(9-7-14)12-19(22)21-18-13-16(25(2,23)24)10-11-17(18)20/h6-11,13H,3-5,12H2,1-2H3,(H,21,22). The molecule has 0 aliphatic heterocycles. The smallest absolute Gasteiger partial charge is 0.228 e. The number of rotatable bonds is 7. The van der Waals surface area contributed by atoms with Crippen molar-refractivity contribution in [2.45, 2.75) is 37.5 Å². The molecule has 1 amide bonds. The van der Waals surface area contributed by atoms with Gasteiger partial charge in [0, 0.05) is 6.26 Å². The van der Waals surface area contributed by atoms with Gasteiger partial charge in [-0.1, -0.05) is 37.6 Å². The van der Waals surface area contributed by atoms with Crippen LogP contribution in [0.5, 0.6) is 0 Å². The van der Waals surface area contributed by atoms with Crippen molar-refractivity contribution >= 4 is 21.4 Å². The molecular weight excluding hydrogens is 341 g/mol. The molecule has 0 aliphatic rings. The van der Waals surface area contributed by atoms with E-state index in [9.17, 15) is 17.6 Å². The van der Waals surface area contributed by atoms with Crippen molar-refractivity contribution < 1.29 is 17.6 Å². The molecule has 0 heterocycles. The Morgan fingerprint density at radius 2 is 1.72 bits per heavy atom. The van der Waals surface area contributed by atoms with E-state index in [-0.39, 0.29) is 17.0 Å². The maximum Gasteiger partial charge on any atom is 0.228 e. The summed E-state index contributed by atoms with van der Waals surface area (Å²) >= 11 is 0. The van der Waals surface area contributed by atoms with E-state index in [0.717, 1.165) is 43.2 Å². The summed E-state index contributed by atoms with van der Waals surface area (Å²) in [4.78, 5) is 12.1. The molecule has 6 heteroatoms. The lowest BCUT2D eigenvalue weighted by Crippen LogP contribution is -2.16. The summed E-state index contributed by atoms with van der Waals surface area (Å²) in [6, 6.07) is 11.1. The van der Waals surface area contributed by atoms with Gasteiger partial charge in [-0.05, 0) is 42.2 Å². The van der Waals surface area contributed by atoms with Crippen LogP contribution < -0.4 is 5.32 Å². The Hall–Kier alpha value is -2.21. The largest absolute Gasteiger partial charge is 0.323 e. The van der Waals surface area contributed by atoms with Gasteiger partial charge in [-0.15, -0.1) is 0 Å². The highest BCUT2D eigenvalue weighted by Gasteiger charge is 2.13. The fraction of sp³-hybridized carbons (Fsp3) is 0.316. The molecule has 0 saturated carbocycles. The van der Waals surface area contributed by atoms with Crippen LogP contribution in [0.1, 0.15) is 30.9 Å². The second-order valence-corrected chi connectivity index (χ2v) is 8.07. The molecule has 0 unspecified atom stereocenters. The average Bonchev–Trinajstić information content (AvgIpc) is 2.55. The maximum absolute atomic E-state index is 13.8. The molecule has 0 atom stereocenters. The third-order valence-corrected chi connectivity index (χ3v) is 4.96. The molecule has 4 nitrogen and oxygen atoms in total. The lowest BCUT2D eigenvalue weighted by molar-refractivity contribution is -0.115. The highest BCUT2D eigenvalue weighted by molar-refractivity contribution is 7.90. The molecule has 2 aromatic rings. The zero-order chi connectivity index (χ0) is 18.4. The van der Waals surface area contributed by atoms with Crippen molar-refractivity contribution in [2.24, 2.45) is 0 Å². The van der Waals surface area contributed by atoms with E-state index in [0.29, 0.717) is 0 Å². The summed E-state index contributed by atoms with van der Waals surface area (Å²) in [5, 5.41) is 2.44. The van der Waals surface area contributed by atoms with Crippen molar-refractivity contribution in [3.8, 4) is 0 Å². The molecule has 2 aromatic carbocycles. The van der Waals surface area contributed by atoms with Gasteiger partial charge in [0.05, 0.1) is 17.0 Å². The Morgan fingerprint density at radius 1 is 1.08 bits per heavy atom. The van der Waals surface area contributed by atoms with E-state index in [2.05, 4.69) is 12.2 Å². The van der Waals surface area contributed by atoms with Crippen LogP contribution in [0, 0.1) is 5.82 Å². The first-order valence-corrected chi connectivity index (χ1v) is 10.1. The van der Waals surface area contributed by atoms with Crippen LogP contribution in [0.15, 0.2) is 47.4 Å². The SMILES string of the molecule is CCCCc1ccc(CC(=O)Nc2cc(S(C)(=O)=O)ccc2F)cc1. The summed E-state index contributed by atoms with van der Waals surface area (Å²) in [6.45, 7) is 2.14. The van der Waals surface area contributed by atoms with Gasteiger partial charge in [0.25, 0.3) is 0 Å². The van der Waals surface area contributed by atoms with E-state index in [1.54, 1.807) is 0 Å². The molecule has 0 radical (unpaired) electrons. The number of sulfone groups is 1. The van der Waals surface area contributed by atoms with E-state index in [4.69, 9.17) is 0 Å². The number of anilines is 1. The molecular formula is C19H22FNO3S. The Kier molecular flexibility index (Phi) is 6.31. The first-order valence-electron chi connectivity index (χ1n) is 8.17. The number of benzene rings is 2. The molecule has 1 N–H and O–H groups in total. The summed E-state index contributed by atoms with van der Waals surface area (Å²) in [5.41, 5.74) is 1.91. The predicted molar refractivity (Wildman–Crippen MR) is 96.9 cm³/mol. The highest BCUT2D eigenvalue weighted by Crippen LogP contribution is 2.20. The van der Waals surface area contributed by atoms with E-state index < -0.39 is 21.6 Å². The van der Waals surface area contributed by atoms with Gasteiger partial charge in [0.2, 0.25) is 5.91 Å². The van der Waals surface area contributed by atoms with Gasteiger partial charge in [-0.25, -0.2) is 12.8 Å². The second kappa shape index (κ2) is 8.25. The molecule has 0 saturated heterocycles. The van der Waals surface area contributed by atoms with Crippen LogP contribution in [0.2, 0.25) is 0 Å². The number of hydrogen-bond acceptors (Lipinski definition) is 3. The fourth-order valence-corrected chi connectivity index (χ4v) is 3.06. The summed E-state index contributed by atoms with van der Waals surface area (Å²) in [5.74, 6) is -1.07. The lowest BCUT2D eigenvalue weighted by atomic mass is 10.0. The molecule has 0 aliphatic carbocycles. The zero-order valence-corrected chi connectivity index (χ0v) is 15.2. The number of nitrogens with one attached hydrogen (secondary N) is 1. The number of amides is 1. The van der Waals surface area contributed by atoms with E-state index >= 15 is 0 Å². The number of unbranched alkanes of at least 4 members (excludes halogenated alkanes) is 1. The quantitative estimate of drug-likeness (QED) is 0.762. The first kappa shape index (κ1) is 19.1.